The highest BCUT2D eigenvalue weighted by Crippen LogP contribution is 2.42. The van der Waals surface area contributed by atoms with Gasteiger partial charge < -0.3 is 4.42 Å². The van der Waals surface area contributed by atoms with Crippen molar-refractivity contribution in [1.29, 1.82) is 0 Å². The Bertz CT molecular complexity index is 1470. The van der Waals surface area contributed by atoms with Gasteiger partial charge in [-0.3, -0.25) is 0 Å². The quantitative estimate of drug-likeness (QED) is 0.237. The molecule has 144 valence electrons. The minimum Gasteiger partial charge on any atom is -0.466 e. The van der Waals surface area contributed by atoms with E-state index in [9.17, 15) is 0 Å². The summed E-state index contributed by atoms with van der Waals surface area (Å²) < 4.78 is 8.48. The molecule has 0 radical (unpaired) electrons. The van der Waals surface area contributed by atoms with Gasteiger partial charge in [-0.2, -0.15) is 0 Å². The minimum absolute atomic E-state index is 0.542. The maximum Gasteiger partial charge on any atom is 0.230 e. The third-order valence-electron chi connectivity index (χ3n) is 5.75. The molecule has 5 rings (SSSR count). The molecule has 3 heteroatoms. The third-order valence-corrected chi connectivity index (χ3v) is 5.75. The van der Waals surface area contributed by atoms with Crippen molar-refractivity contribution < 1.29 is 8.98 Å². The first-order valence-electron chi connectivity index (χ1n) is 9.96. The minimum atomic E-state index is 0.542. The fraction of sp³-hybridized carbons (Fsp3) is 0.111. The Morgan fingerprint density at radius 2 is 1.63 bits per heavy atom. The maximum atomic E-state index is 7.75. The van der Waals surface area contributed by atoms with Gasteiger partial charge in [-0.1, -0.05) is 42.0 Å². The molecule has 0 atom stereocenters. The van der Waals surface area contributed by atoms with Crippen LogP contribution in [-0.2, 0) is 7.05 Å². The van der Waals surface area contributed by atoms with Gasteiger partial charge in [0.2, 0.25) is 11.4 Å². The normalized spacial score (nSPS) is 11.1. The van der Waals surface area contributed by atoms with E-state index in [1.807, 2.05) is 31.4 Å². The average Bonchev–Trinajstić information content (AvgIpc) is 3.13. The molecule has 5 aromatic rings. The van der Waals surface area contributed by atoms with Crippen molar-refractivity contribution in [2.45, 2.75) is 13.8 Å². The lowest BCUT2D eigenvalue weighted by molar-refractivity contribution is -0.660. The van der Waals surface area contributed by atoms with Crippen LogP contribution in [0.5, 0.6) is 0 Å². The summed E-state index contributed by atoms with van der Waals surface area (Å²) in [6.45, 7) is 11.9. The van der Waals surface area contributed by atoms with Crippen LogP contribution in [0.4, 0.5) is 5.69 Å². The molecule has 0 aliphatic heterocycles. The molecule has 0 fully saturated rings. The number of aryl methyl sites for hydroxylation is 3. The van der Waals surface area contributed by atoms with E-state index in [4.69, 9.17) is 11.0 Å². The van der Waals surface area contributed by atoms with Gasteiger partial charge in [0, 0.05) is 22.9 Å². The zero-order valence-electron chi connectivity index (χ0n) is 17.2. The summed E-state index contributed by atoms with van der Waals surface area (Å²) in [6, 6.07) is 22.9. The summed E-state index contributed by atoms with van der Waals surface area (Å²) in [4.78, 5) is 3.79. The molecule has 3 nitrogen and oxygen atoms in total. The number of hydrogen-bond acceptors (Lipinski definition) is 1. The first-order chi connectivity index (χ1) is 14.6. The summed E-state index contributed by atoms with van der Waals surface area (Å²) in [5.74, 6) is 0. The molecular formula is C27H21N2O+. The highest BCUT2D eigenvalue weighted by molar-refractivity contribution is 6.14. The van der Waals surface area contributed by atoms with Crippen LogP contribution < -0.4 is 4.57 Å². The molecule has 2 aromatic heterocycles. The molecule has 0 spiro atoms. The van der Waals surface area contributed by atoms with Gasteiger partial charge in [0.05, 0.1) is 12.1 Å². The molecule has 0 amide bonds. The van der Waals surface area contributed by atoms with Crippen molar-refractivity contribution in [1.82, 2.24) is 0 Å². The second kappa shape index (κ2) is 6.86. The summed E-state index contributed by atoms with van der Waals surface area (Å²) in [6.07, 6.45) is 2.04. The Labute approximate surface area is 175 Å². The number of benzene rings is 3. The van der Waals surface area contributed by atoms with E-state index >= 15 is 0 Å². The molecule has 0 bridgehead atoms. The van der Waals surface area contributed by atoms with Gasteiger partial charge in [0.1, 0.15) is 18.2 Å². The van der Waals surface area contributed by atoms with E-state index < -0.39 is 0 Å². The smallest absolute Gasteiger partial charge is 0.230 e. The summed E-state index contributed by atoms with van der Waals surface area (Å²) in [7, 11) is 2.04. The Morgan fingerprint density at radius 1 is 0.833 bits per heavy atom. The lowest BCUT2D eigenvalue weighted by Gasteiger charge is -2.05. The lowest BCUT2D eigenvalue weighted by atomic mass is 9.98. The standard InChI is InChI=1S/C27H21N2O/c1-17-8-11-19(12-9-17)20-15-22-21-13-10-18(2)25(24-7-5-6-14-29(24)4)27(21)30-26(22)23(16-20)28-3/h5-16H,1-2,4H3/q+1. The topological polar surface area (TPSA) is 21.4 Å². The molecule has 30 heavy (non-hydrogen) atoms. The average molecular weight is 389 g/mol. The number of aromatic nitrogens is 1. The predicted molar refractivity (Wildman–Crippen MR) is 122 cm³/mol. The number of fused-ring (bicyclic) bond motifs is 3. The van der Waals surface area contributed by atoms with E-state index in [1.54, 1.807) is 0 Å². The van der Waals surface area contributed by atoms with Crippen LogP contribution >= 0.6 is 0 Å². The molecule has 0 saturated carbocycles. The van der Waals surface area contributed by atoms with Gasteiger partial charge in [-0.15, -0.1) is 0 Å². The largest absolute Gasteiger partial charge is 0.466 e. The molecule has 0 aliphatic carbocycles. The van der Waals surface area contributed by atoms with Gasteiger partial charge in [-0.05, 0) is 48.7 Å². The van der Waals surface area contributed by atoms with Crippen LogP contribution in [0.1, 0.15) is 11.1 Å². The van der Waals surface area contributed by atoms with Crippen LogP contribution in [0.25, 0.3) is 49.2 Å². The first-order valence-corrected chi connectivity index (χ1v) is 9.96. The molecule has 2 heterocycles. The molecular weight excluding hydrogens is 368 g/mol. The number of nitrogens with zero attached hydrogens (tertiary/aromatic N) is 2. The van der Waals surface area contributed by atoms with Crippen molar-refractivity contribution in [3.63, 3.8) is 0 Å². The Kier molecular flexibility index (Phi) is 4.15. The molecule has 0 unspecified atom stereocenters. The summed E-state index contributed by atoms with van der Waals surface area (Å²) in [5, 5.41) is 2.02. The van der Waals surface area contributed by atoms with E-state index in [2.05, 4.69) is 71.8 Å². The van der Waals surface area contributed by atoms with Gasteiger partial charge in [0.25, 0.3) is 0 Å². The number of rotatable bonds is 2. The van der Waals surface area contributed by atoms with E-state index in [0.29, 0.717) is 11.3 Å². The van der Waals surface area contributed by atoms with Crippen molar-refractivity contribution in [3.05, 3.63) is 95.5 Å². The number of furan rings is 1. The zero-order valence-corrected chi connectivity index (χ0v) is 17.2. The van der Waals surface area contributed by atoms with Gasteiger partial charge in [-0.25, -0.2) is 9.41 Å². The first kappa shape index (κ1) is 18.1. The second-order valence-corrected chi connectivity index (χ2v) is 7.78. The third kappa shape index (κ3) is 2.77. The molecule has 0 N–H and O–H groups in total. The maximum absolute atomic E-state index is 7.75. The van der Waals surface area contributed by atoms with E-state index in [-0.39, 0.29) is 0 Å². The monoisotopic (exact) mass is 389 g/mol. The lowest BCUT2D eigenvalue weighted by Crippen LogP contribution is -2.30. The summed E-state index contributed by atoms with van der Waals surface area (Å²) >= 11 is 0. The van der Waals surface area contributed by atoms with Crippen molar-refractivity contribution in [2.75, 3.05) is 0 Å². The molecule has 0 saturated heterocycles. The van der Waals surface area contributed by atoms with E-state index in [1.165, 1.54) is 5.56 Å². The van der Waals surface area contributed by atoms with Crippen LogP contribution in [0.3, 0.4) is 0 Å². The highest BCUT2D eigenvalue weighted by Gasteiger charge is 2.21. The Balaban J connectivity index is 1.86. The van der Waals surface area contributed by atoms with Crippen molar-refractivity contribution >= 4 is 27.6 Å². The van der Waals surface area contributed by atoms with E-state index in [0.717, 1.165) is 44.3 Å². The van der Waals surface area contributed by atoms with Crippen LogP contribution in [-0.4, -0.2) is 0 Å². The van der Waals surface area contributed by atoms with Gasteiger partial charge in [0.15, 0.2) is 6.20 Å². The Hall–Kier alpha value is -3.90. The number of hydrogen-bond donors (Lipinski definition) is 0. The summed E-state index contributed by atoms with van der Waals surface area (Å²) in [5.41, 5.74) is 8.68. The fourth-order valence-electron chi connectivity index (χ4n) is 4.12. The van der Waals surface area contributed by atoms with Gasteiger partial charge >= 0.3 is 0 Å². The van der Waals surface area contributed by atoms with Crippen molar-refractivity contribution in [3.8, 4) is 22.4 Å². The highest BCUT2D eigenvalue weighted by atomic mass is 16.3. The number of pyridine rings is 1. The zero-order chi connectivity index (χ0) is 20.8. The molecule has 3 aromatic carbocycles. The second-order valence-electron chi connectivity index (χ2n) is 7.78. The van der Waals surface area contributed by atoms with Crippen LogP contribution in [0.2, 0.25) is 0 Å². The predicted octanol–water partition coefficient (Wildman–Crippen LogP) is 6.91. The van der Waals surface area contributed by atoms with Crippen molar-refractivity contribution in [2.24, 2.45) is 7.05 Å². The molecule has 0 aliphatic rings. The van der Waals surface area contributed by atoms with Crippen LogP contribution in [0, 0.1) is 20.4 Å². The SMILES string of the molecule is [C-]#[N+]c1cc(-c2ccc(C)cc2)cc2c1oc1c(-c3cccc[n+]3C)c(C)ccc12. The Morgan fingerprint density at radius 3 is 2.37 bits per heavy atom. The fourth-order valence-corrected chi connectivity index (χ4v) is 4.12. The van der Waals surface area contributed by atoms with Crippen LogP contribution in [0.15, 0.2) is 77.3 Å².